The number of rotatable bonds is 32. The molecule has 0 unspecified atom stereocenters. The molecule has 0 bridgehead atoms. The van der Waals surface area contributed by atoms with Gasteiger partial charge in [-0.2, -0.15) is 0 Å². The van der Waals surface area contributed by atoms with Gasteiger partial charge in [0, 0.05) is 91.1 Å². The van der Waals surface area contributed by atoms with Crippen LogP contribution in [0.4, 0.5) is 11.4 Å². The third kappa shape index (κ3) is 40.5. The predicted octanol–water partition coefficient (Wildman–Crippen LogP) is 29.6. The first-order valence-electron chi connectivity index (χ1n) is 48.5. The summed E-state index contributed by atoms with van der Waals surface area (Å²) >= 11 is 0. The molecular formula is C112H178N2O14Si10. The Bertz CT molecular complexity index is 5130. The molecule has 0 atom stereocenters. The van der Waals surface area contributed by atoms with Gasteiger partial charge in [0.15, 0.2) is 83.2 Å². The van der Waals surface area contributed by atoms with Gasteiger partial charge in [-0.1, -0.05) is 279 Å². The third-order valence-corrected chi connectivity index (χ3v) is 75.3. The lowest BCUT2D eigenvalue weighted by molar-refractivity contribution is -0.385. The van der Waals surface area contributed by atoms with Gasteiger partial charge in [0.1, 0.15) is 0 Å². The number of benzene rings is 2. The van der Waals surface area contributed by atoms with Crippen LogP contribution in [0.5, 0.6) is 0 Å². The molecule has 0 aliphatic rings. The van der Waals surface area contributed by atoms with E-state index in [1.807, 2.05) is 0 Å². The zero-order chi connectivity index (χ0) is 107. The number of nitro benzene ring substituents is 2. The average molecular weight is 2060 g/mol. The van der Waals surface area contributed by atoms with E-state index in [-0.39, 0.29) is 128 Å². The molecule has 16 nitrogen and oxygen atoms in total. The van der Waals surface area contributed by atoms with Crippen LogP contribution in [0.25, 0.3) is 0 Å². The highest BCUT2D eigenvalue weighted by molar-refractivity contribution is 6.78. The van der Waals surface area contributed by atoms with Crippen molar-refractivity contribution in [2.75, 3.05) is 66.1 Å². The topological polar surface area (TPSA) is 179 Å². The van der Waals surface area contributed by atoms with Gasteiger partial charge >= 0.3 is 0 Å². The Morgan fingerprint density at radius 2 is 0.304 bits per heavy atom. The molecule has 0 aliphatic heterocycles. The van der Waals surface area contributed by atoms with Gasteiger partial charge in [-0.15, -0.1) is 0 Å². The fraction of sp³-hybridized carbons (Fsp3) is 0.625. The van der Waals surface area contributed by atoms with Gasteiger partial charge in [0.2, 0.25) is 0 Å². The van der Waals surface area contributed by atoms with Crippen LogP contribution in [0.3, 0.4) is 0 Å². The van der Waals surface area contributed by atoms with Gasteiger partial charge in [-0.3, -0.25) is 20.2 Å². The number of hydrogen-bond acceptors (Lipinski definition) is 14. The maximum Gasteiger partial charge on any atom is 0.269 e. The number of nitro groups is 2. The van der Waals surface area contributed by atoms with Gasteiger partial charge < -0.3 is 44.3 Å². The smallest absolute Gasteiger partial charge is 0.269 e. The van der Waals surface area contributed by atoms with Gasteiger partial charge in [0.25, 0.3) is 11.4 Å². The van der Waals surface area contributed by atoms with Crippen LogP contribution in [0.1, 0.15) is 219 Å². The van der Waals surface area contributed by atoms with Crippen molar-refractivity contribution in [1.29, 1.82) is 0 Å². The largest absolute Gasteiger partial charge is 0.412 e. The molecule has 0 saturated heterocycles. The molecule has 0 spiro atoms. The summed E-state index contributed by atoms with van der Waals surface area (Å²) in [5, 5.41) is 22.0. The van der Waals surface area contributed by atoms with Crippen LogP contribution in [0.2, 0.25) is 181 Å². The van der Waals surface area contributed by atoms with Gasteiger partial charge in [-0.05, 0) is 253 Å². The number of non-ortho nitro benzene ring substituents is 2. The lowest BCUT2D eigenvalue weighted by Crippen LogP contribution is -2.42. The van der Waals surface area contributed by atoms with Crippen LogP contribution >= 0.6 is 0 Å². The second kappa shape index (κ2) is 49.7. The third-order valence-electron chi connectivity index (χ3n) is 30.5. The van der Waals surface area contributed by atoms with Crippen molar-refractivity contribution in [3.05, 3.63) is 136 Å². The van der Waals surface area contributed by atoms with E-state index in [4.69, 9.17) is 44.3 Å². The van der Waals surface area contributed by atoms with E-state index in [9.17, 15) is 20.2 Å². The zero-order valence-corrected chi connectivity index (χ0v) is 105. The highest BCUT2D eigenvalue weighted by Crippen LogP contribution is 2.46. The number of hydrogen-bond donors (Lipinski definition) is 0. The van der Waals surface area contributed by atoms with Crippen molar-refractivity contribution in [1.82, 2.24) is 0 Å². The fourth-order valence-corrected chi connectivity index (χ4v) is 18.5. The summed E-state index contributed by atoms with van der Waals surface area (Å²) in [7, 11) is -24.5. The summed E-state index contributed by atoms with van der Waals surface area (Å²) in [5.74, 6) is 68.0. The van der Waals surface area contributed by atoms with E-state index in [1.165, 1.54) is 24.3 Å². The highest BCUT2D eigenvalue weighted by Gasteiger charge is 2.46. The molecular weight excluding hydrogens is 1880 g/mol. The van der Waals surface area contributed by atoms with Gasteiger partial charge in [0.05, 0.1) is 75.9 Å². The monoisotopic (exact) mass is 2060 g/mol. The fourth-order valence-electron chi connectivity index (χ4n) is 9.16. The van der Waals surface area contributed by atoms with Crippen LogP contribution in [-0.2, 0) is 44.3 Å². The molecule has 2 rings (SSSR count). The summed E-state index contributed by atoms with van der Waals surface area (Å²) in [6.07, 6.45) is 0. The van der Waals surface area contributed by atoms with E-state index < -0.39 is 93.0 Å². The molecule has 0 radical (unpaired) electrons. The molecule has 26 heteroatoms. The molecule has 760 valence electrons. The van der Waals surface area contributed by atoms with Crippen molar-refractivity contribution in [2.24, 2.45) is 0 Å². The van der Waals surface area contributed by atoms with Crippen LogP contribution in [-0.4, -0.2) is 159 Å². The predicted molar refractivity (Wildman–Crippen MR) is 609 cm³/mol. The maximum atomic E-state index is 11.8. The van der Waals surface area contributed by atoms with Crippen LogP contribution in [0, 0.1) is 139 Å². The van der Waals surface area contributed by atoms with E-state index in [0.717, 1.165) is 0 Å². The van der Waals surface area contributed by atoms with Crippen molar-refractivity contribution in [3.8, 4) is 118 Å². The molecule has 0 heterocycles. The summed E-state index contributed by atoms with van der Waals surface area (Å²) in [6.45, 7) is 112. The Kier molecular flexibility index (Phi) is 45.9. The lowest BCUT2D eigenvalue weighted by Gasteiger charge is -2.37. The Balaban J connectivity index is 3.86. The minimum atomic E-state index is -2.50. The van der Waals surface area contributed by atoms with E-state index in [2.05, 4.69) is 457 Å². The Hall–Kier alpha value is -6.69. The summed E-state index contributed by atoms with van der Waals surface area (Å²) < 4.78 is 70.9. The van der Waals surface area contributed by atoms with Gasteiger partial charge in [-0.25, -0.2) is 0 Å². The second-order valence-corrected chi connectivity index (χ2v) is 99.5. The average Bonchev–Trinajstić information content (AvgIpc) is 0.851. The second-order valence-electron chi connectivity index (χ2n) is 51.4. The summed E-state index contributed by atoms with van der Waals surface area (Å²) in [4.78, 5) is 22.7. The Labute approximate surface area is 851 Å². The van der Waals surface area contributed by atoms with Crippen molar-refractivity contribution >= 4 is 94.5 Å². The molecule has 0 aliphatic carbocycles. The molecule has 0 amide bonds. The van der Waals surface area contributed by atoms with Crippen molar-refractivity contribution < 1.29 is 54.1 Å². The highest BCUT2D eigenvalue weighted by atomic mass is 28.4. The lowest BCUT2D eigenvalue weighted by atomic mass is 10.1. The molecule has 2 aromatic rings. The maximum absolute atomic E-state index is 11.8. The normalized spacial score (nSPS) is 14.3. The van der Waals surface area contributed by atoms with Crippen molar-refractivity contribution in [2.45, 2.75) is 389 Å². The molecule has 2 aromatic carbocycles. The van der Waals surface area contributed by atoms with E-state index in [1.54, 1.807) is 24.3 Å². The number of nitrogens with zero attached hydrogens (tertiary/aromatic N) is 2. The quantitative estimate of drug-likeness (QED) is 0.0292. The van der Waals surface area contributed by atoms with E-state index in [0.29, 0.717) is 66.9 Å². The van der Waals surface area contributed by atoms with E-state index >= 15 is 0 Å². The van der Waals surface area contributed by atoms with Crippen LogP contribution < -0.4 is 0 Å². The summed E-state index contributed by atoms with van der Waals surface area (Å²) in [6, 6.07) is 12.4. The minimum absolute atomic E-state index is 0.0276. The first kappa shape index (κ1) is 127. The van der Waals surface area contributed by atoms with Crippen LogP contribution in [0.15, 0.2) is 104 Å². The molecule has 0 aromatic heterocycles. The minimum Gasteiger partial charge on any atom is -0.412 e. The Morgan fingerprint density at radius 3 is 0.399 bits per heavy atom. The SMILES string of the molecule is CC(C)(C)[Si](C)(C)OC/C(C#CC#C/C(CO[Si](C)(C)C(C)(C)C)=C(/C#CC#C/C(CO[Si](C)(C)C(C)(C)C)=C(/C#Cc1ccc([N+](=O)[O-])cc1)CO[Si](C)(C)C(C)(C)C)CO[Si](C)(C)C(C)(C)C)=C(\C#CC#C/C(CO[Si](C)(C)C(C)(C)C)=C(/C#CC#C/C(CO[Si](C)(C)C(C)(C)C)=C(/C#Cc1ccc([N+](=O)[O-])cc1)CO[Si](C)(C)C(C)(C)C)CO[Si](C)(C)C(C)(C)C)CO[Si](C)(C)C(C)(C)C. The summed E-state index contributed by atoms with van der Waals surface area (Å²) in [5.41, 5.74) is 7.30. The molecule has 138 heavy (non-hydrogen) atoms. The molecule has 0 N–H and O–H groups in total. The first-order chi connectivity index (χ1) is 61.9. The molecule has 0 saturated carbocycles. The zero-order valence-electron chi connectivity index (χ0n) is 95.3. The standard InChI is InChI=1S/C112H178N2O14Si10/c1-103(2,3)129(31,32)119-79-91(59-51-53-61-93(81-121-131(35,36)105(7,8)9)95(83-123-133(39,40)107(13,14)15)63-55-57-65-97(85-125-135(43,44)109(19,20)21)99(87-127-137(47,48)111(25,26)27)73-67-89-69-75-101(76-70-89)113(115)116)92(80-120-130(33,34)104(4,5)6)60-52-54-62-94(82-122-132(37,38)106(10,11)12)96(84-124-134(41,42)108(16,17)18)64-56-58-66-98(86-126-136(45,46)110(22,23)24)100(88-128-138(49,50)112(28,29)30)74-68-90-71-77-102(78-72-90)114(117)118/h69-72,75-78H,79-88H2,1-50H3/b92-91+,95-93+,96-94+,99-97+,100-98+. The van der Waals surface area contributed by atoms with Crippen molar-refractivity contribution in [3.63, 3.8) is 0 Å². The Morgan fingerprint density at radius 1 is 0.203 bits per heavy atom. The molecule has 0 fully saturated rings. The first-order valence-corrected chi connectivity index (χ1v) is 77.6.